The molecule has 1 aromatic heterocycles. The normalized spacial score (nSPS) is 12.0. The van der Waals surface area contributed by atoms with E-state index < -0.39 is 9.84 Å². The summed E-state index contributed by atoms with van der Waals surface area (Å²) in [5.41, 5.74) is 2.86. The fraction of sp³-hybridized carbons (Fsp3) is 0.500. The van der Waals surface area contributed by atoms with Gasteiger partial charge in [-0.25, -0.2) is 8.42 Å². The third-order valence-electron chi connectivity index (χ3n) is 4.42. The minimum Gasteiger partial charge on any atom is -0.299 e. The number of benzene rings is 1. The Morgan fingerprint density at radius 2 is 1.84 bits per heavy atom. The van der Waals surface area contributed by atoms with E-state index in [-0.39, 0.29) is 16.8 Å². The van der Waals surface area contributed by atoms with Gasteiger partial charge in [-0.15, -0.1) is 0 Å². The molecule has 0 bridgehead atoms. The van der Waals surface area contributed by atoms with Crippen LogP contribution in [-0.2, 0) is 21.1 Å². The summed E-state index contributed by atoms with van der Waals surface area (Å²) in [6, 6.07) is 9.86. The molecule has 136 valence electrons. The molecular formula is C20H27NO3S. The quantitative estimate of drug-likeness (QED) is 0.632. The topological polar surface area (TPSA) is 64.1 Å². The van der Waals surface area contributed by atoms with E-state index in [1.807, 2.05) is 37.3 Å². The second-order valence-electron chi connectivity index (χ2n) is 6.88. The highest BCUT2D eigenvalue weighted by molar-refractivity contribution is 7.91. The molecule has 1 aromatic carbocycles. The van der Waals surface area contributed by atoms with Crippen molar-refractivity contribution < 1.29 is 13.2 Å². The summed E-state index contributed by atoms with van der Waals surface area (Å²) in [5, 5.41) is 0.710. The number of fused-ring (bicyclic) bond motifs is 1. The maximum atomic E-state index is 12.3. The van der Waals surface area contributed by atoms with E-state index in [1.165, 1.54) is 0 Å². The number of rotatable bonds is 9. The van der Waals surface area contributed by atoms with Crippen LogP contribution in [0, 0.1) is 6.92 Å². The van der Waals surface area contributed by atoms with Crippen molar-refractivity contribution in [3.05, 3.63) is 41.6 Å². The van der Waals surface area contributed by atoms with Crippen LogP contribution in [0.15, 0.2) is 30.3 Å². The van der Waals surface area contributed by atoms with Gasteiger partial charge in [0.25, 0.3) is 0 Å². The van der Waals surface area contributed by atoms with Gasteiger partial charge in [0.2, 0.25) is 0 Å². The minimum atomic E-state index is -2.97. The molecular weight excluding hydrogens is 334 g/mol. The van der Waals surface area contributed by atoms with Crippen molar-refractivity contribution in [2.75, 3.05) is 5.75 Å². The number of nitrogens with zero attached hydrogens (tertiary/aromatic N) is 1. The number of pyridine rings is 1. The van der Waals surface area contributed by atoms with Gasteiger partial charge in [0.15, 0.2) is 9.84 Å². The zero-order chi connectivity index (χ0) is 18.4. The number of ketones is 1. The van der Waals surface area contributed by atoms with E-state index >= 15 is 0 Å². The van der Waals surface area contributed by atoms with Gasteiger partial charge in [-0.05, 0) is 51.3 Å². The molecule has 0 spiro atoms. The Morgan fingerprint density at radius 3 is 2.56 bits per heavy atom. The molecule has 25 heavy (non-hydrogen) atoms. The fourth-order valence-corrected chi connectivity index (χ4v) is 3.96. The van der Waals surface area contributed by atoms with Gasteiger partial charge in [-0.2, -0.15) is 0 Å². The smallest absolute Gasteiger partial charge is 0.152 e. The van der Waals surface area contributed by atoms with E-state index in [4.69, 9.17) is 0 Å². The summed E-state index contributed by atoms with van der Waals surface area (Å²) in [7, 11) is -2.97. The first-order valence-electron chi connectivity index (χ1n) is 8.88. The molecule has 5 heteroatoms. The average Bonchev–Trinajstić information content (AvgIpc) is 2.54. The molecule has 0 fully saturated rings. The predicted octanol–water partition coefficient (Wildman–Crippen LogP) is 4.04. The monoisotopic (exact) mass is 361 g/mol. The summed E-state index contributed by atoms with van der Waals surface area (Å²) in [5.74, 6) is 0.412. The number of para-hydroxylation sites is 1. The van der Waals surface area contributed by atoms with Crippen molar-refractivity contribution in [1.82, 2.24) is 4.98 Å². The van der Waals surface area contributed by atoms with Gasteiger partial charge in [0.05, 0.1) is 16.5 Å². The maximum Gasteiger partial charge on any atom is 0.152 e. The molecule has 0 radical (unpaired) electrons. The Kier molecular flexibility index (Phi) is 6.71. The van der Waals surface area contributed by atoms with Crippen molar-refractivity contribution in [2.45, 2.75) is 58.1 Å². The van der Waals surface area contributed by atoms with Crippen molar-refractivity contribution in [3.63, 3.8) is 0 Å². The molecule has 0 saturated carbocycles. The predicted molar refractivity (Wildman–Crippen MR) is 103 cm³/mol. The largest absolute Gasteiger partial charge is 0.299 e. The summed E-state index contributed by atoms with van der Waals surface area (Å²) in [4.78, 5) is 16.8. The number of hydrogen-bond acceptors (Lipinski definition) is 4. The molecule has 0 amide bonds. The Labute approximate surface area is 150 Å². The fourth-order valence-electron chi connectivity index (χ4n) is 2.88. The Hall–Kier alpha value is -1.75. The summed E-state index contributed by atoms with van der Waals surface area (Å²) < 4.78 is 23.5. The van der Waals surface area contributed by atoms with Crippen LogP contribution in [0.1, 0.15) is 50.8 Å². The minimum absolute atomic E-state index is 0.197. The lowest BCUT2D eigenvalue weighted by Gasteiger charge is -2.08. The molecule has 0 N–H and O–H groups in total. The first-order valence-corrected chi connectivity index (χ1v) is 10.6. The standard InChI is InChI=1S/C20H27NO3S/c1-15(2)25(23,24)12-8-4-5-9-18(22)14-17-13-16(3)21-20-11-7-6-10-19(17)20/h6-7,10-11,13,15H,4-5,8-9,12,14H2,1-3H3. The van der Waals surface area contributed by atoms with Crippen molar-refractivity contribution >= 4 is 26.5 Å². The Balaban J connectivity index is 1.85. The summed E-state index contributed by atoms with van der Waals surface area (Å²) in [6.07, 6.45) is 3.05. The molecule has 0 saturated heterocycles. The van der Waals surface area contributed by atoms with Crippen LogP contribution in [0.4, 0.5) is 0 Å². The molecule has 0 atom stereocenters. The zero-order valence-corrected chi connectivity index (χ0v) is 16.1. The van der Waals surface area contributed by atoms with Crippen molar-refractivity contribution in [2.24, 2.45) is 0 Å². The van der Waals surface area contributed by atoms with Gasteiger partial charge in [0.1, 0.15) is 5.78 Å². The van der Waals surface area contributed by atoms with Gasteiger partial charge in [-0.3, -0.25) is 9.78 Å². The van der Waals surface area contributed by atoms with Gasteiger partial charge in [0, 0.05) is 23.9 Å². The molecule has 0 aliphatic carbocycles. The summed E-state index contributed by atoms with van der Waals surface area (Å²) >= 11 is 0. The Morgan fingerprint density at radius 1 is 1.12 bits per heavy atom. The molecule has 1 heterocycles. The van der Waals surface area contributed by atoms with E-state index in [0.717, 1.165) is 35.0 Å². The molecule has 0 unspecified atom stereocenters. The lowest BCUT2D eigenvalue weighted by Crippen LogP contribution is -2.17. The number of carbonyl (C=O) groups is 1. The molecule has 2 aromatic rings. The van der Waals surface area contributed by atoms with Crippen LogP contribution in [0.25, 0.3) is 10.9 Å². The van der Waals surface area contributed by atoms with E-state index in [9.17, 15) is 13.2 Å². The number of unbranched alkanes of at least 4 members (excludes halogenated alkanes) is 2. The van der Waals surface area contributed by atoms with E-state index in [2.05, 4.69) is 4.98 Å². The number of carbonyl (C=O) groups excluding carboxylic acids is 1. The highest BCUT2D eigenvalue weighted by Crippen LogP contribution is 2.19. The van der Waals surface area contributed by atoms with Gasteiger partial charge in [-0.1, -0.05) is 24.6 Å². The van der Waals surface area contributed by atoms with Crippen molar-refractivity contribution in [1.29, 1.82) is 0 Å². The second kappa shape index (κ2) is 8.56. The van der Waals surface area contributed by atoms with Gasteiger partial charge >= 0.3 is 0 Å². The zero-order valence-electron chi connectivity index (χ0n) is 15.3. The van der Waals surface area contributed by atoms with Crippen LogP contribution < -0.4 is 0 Å². The number of hydrogen-bond donors (Lipinski definition) is 0. The first-order chi connectivity index (χ1) is 11.8. The average molecular weight is 362 g/mol. The van der Waals surface area contributed by atoms with Crippen LogP contribution >= 0.6 is 0 Å². The maximum absolute atomic E-state index is 12.3. The lowest BCUT2D eigenvalue weighted by atomic mass is 10.00. The summed E-state index contributed by atoms with van der Waals surface area (Å²) in [6.45, 7) is 5.36. The number of sulfone groups is 1. The molecule has 4 nitrogen and oxygen atoms in total. The third-order valence-corrected chi connectivity index (χ3v) is 6.71. The van der Waals surface area contributed by atoms with Crippen LogP contribution in [0.2, 0.25) is 0 Å². The highest BCUT2D eigenvalue weighted by atomic mass is 32.2. The lowest BCUT2D eigenvalue weighted by molar-refractivity contribution is -0.118. The SMILES string of the molecule is Cc1cc(CC(=O)CCCCCS(=O)(=O)C(C)C)c2ccccc2n1. The van der Waals surface area contributed by atoms with E-state index in [1.54, 1.807) is 13.8 Å². The molecule has 0 aliphatic heterocycles. The Bertz CT molecular complexity index is 841. The number of aromatic nitrogens is 1. The second-order valence-corrected chi connectivity index (χ2v) is 9.56. The first kappa shape index (κ1) is 19.6. The van der Waals surface area contributed by atoms with Crippen LogP contribution in [0.5, 0.6) is 0 Å². The third kappa shape index (κ3) is 5.63. The van der Waals surface area contributed by atoms with Crippen molar-refractivity contribution in [3.8, 4) is 0 Å². The highest BCUT2D eigenvalue weighted by Gasteiger charge is 2.15. The molecule has 2 rings (SSSR count). The van der Waals surface area contributed by atoms with Gasteiger partial charge < -0.3 is 0 Å². The van der Waals surface area contributed by atoms with E-state index in [0.29, 0.717) is 19.3 Å². The van der Waals surface area contributed by atoms with Crippen LogP contribution in [0.3, 0.4) is 0 Å². The number of Topliss-reactive ketones (excluding diaryl/α,β-unsaturated/α-hetero) is 1. The van der Waals surface area contributed by atoms with Crippen LogP contribution in [-0.4, -0.2) is 30.2 Å². The molecule has 0 aliphatic rings. The number of aryl methyl sites for hydroxylation is 1.